The lowest BCUT2D eigenvalue weighted by Gasteiger charge is -2.14. The van der Waals surface area contributed by atoms with Gasteiger partial charge in [0.25, 0.3) is 0 Å². The predicted octanol–water partition coefficient (Wildman–Crippen LogP) is 4.62. The van der Waals surface area contributed by atoms with Crippen LogP contribution in [-0.4, -0.2) is 38.5 Å². The maximum Gasteiger partial charge on any atom is 0.223 e. The molecular weight excluding hydrogens is 455 g/mol. The van der Waals surface area contributed by atoms with Crippen molar-refractivity contribution in [1.82, 2.24) is 19.7 Å². The third kappa shape index (κ3) is 4.08. The van der Waals surface area contributed by atoms with E-state index in [2.05, 4.69) is 20.4 Å². The maximum absolute atomic E-state index is 15.3. The van der Waals surface area contributed by atoms with Gasteiger partial charge in [-0.05, 0) is 49.6 Å². The molecule has 8 nitrogen and oxygen atoms in total. The number of thiazole rings is 1. The number of benzene rings is 1. The standard InChI is InChI=1S/C24H21FN6O2S/c1-3-33-27-12-15-6-9-20(18(25)11-15)31-22-17(21(30-31)16-5-4-10-26-13-16)7-8-19-23(22)34-24(29-19)28-14(2)32/h4-6,9-13H,3,7-8H2,1-2H3,(H,28,29,32). The number of halogens is 1. The Bertz CT molecular complexity index is 1400. The molecule has 0 spiro atoms. The van der Waals surface area contributed by atoms with Crippen LogP contribution in [0.5, 0.6) is 0 Å². The Hall–Kier alpha value is -3.92. The Kier molecular flexibility index (Phi) is 5.89. The van der Waals surface area contributed by atoms with Gasteiger partial charge in [-0.3, -0.25) is 9.78 Å². The second-order valence-electron chi connectivity index (χ2n) is 7.67. The van der Waals surface area contributed by atoms with Gasteiger partial charge in [0.2, 0.25) is 5.91 Å². The zero-order valence-electron chi connectivity index (χ0n) is 18.6. The van der Waals surface area contributed by atoms with Crippen LogP contribution >= 0.6 is 11.3 Å². The number of fused-ring (bicyclic) bond motifs is 3. The van der Waals surface area contributed by atoms with Crippen molar-refractivity contribution in [2.24, 2.45) is 5.16 Å². The van der Waals surface area contributed by atoms with Gasteiger partial charge in [0.05, 0.1) is 28.2 Å². The molecule has 10 heteroatoms. The molecule has 0 bridgehead atoms. The highest BCUT2D eigenvalue weighted by Gasteiger charge is 2.30. The molecule has 0 aliphatic heterocycles. The topological polar surface area (TPSA) is 94.3 Å². The molecule has 0 saturated heterocycles. The third-order valence-electron chi connectivity index (χ3n) is 5.33. The lowest BCUT2D eigenvalue weighted by Crippen LogP contribution is -2.08. The number of rotatable bonds is 6. The number of nitrogens with one attached hydrogen (secondary N) is 1. The van der Waals surface area contributed by atoms with Crippen molar-refractivity contribution in [3.63, 3.8) is 0 Å². The van der Waals surface area contributed by atoms with E-state index < -0.39 is 5.82 Å². The predicted molar refractivity (Wildman–Crippen MR) is 129 cm³/mol. The van der Waals surface area contributed by atoms with Gasteiger partial charge in [-0.2, -0.15) is 5.10 Å². The van der Waals surface area contributed by atoms with Crippen molar-refractivity contribution < 1.29 is 14.0 Å². The number of carbonyl (C=O) groups is 1. The van der Waals surface area contributed by atoms with Crippen LogP contribution in [0.3, 0.4) is 0 Å². The molecule has 34 heavy (non-hydrogen) atoms. The molecule has 3 aromatic heterocycles. The van der Waals surface area contributed by atoms with Crippen LogP contribution in [0.15, 0.2) is 47.9 Å². The van der Waals surface area contributed by atoms with Crippen LogP contribution in [0.1, 0.15) is 30.7 Å². The molecular formula is C24H21FN6O2S. The molecule has 1 aliphatic rings. The van der Waals surface area contributed by atoms with Crippen molar-refractivity contribution in [3.8, 4) is 27.5 Å². The lowest BCUT2D eigenvalue weighted by molar-refractivity contribution is -0.114. The number of anilines is 1. The summed E-state index contributed by atoms with van der Waals surface area (Å²) < 4.78 is 17.0. The summed E-state index contributed by atoms with van der Waals surface area (Å²) in [5.74, 6) is -0.631. The average molecular weight is 477 g/mol. The smallest absolute Gasteiger partial charge is 0.223 e. The van der Waals surface area contributed by atoms with E-state index in [9.17, 15) is 4.79 Å². The normalized spacial score (nSPS) is 12.4. The first-order valence-corrected chi connectivity index (χ1v) is 11.6. The van der Waals surface area contributed by atoms with Gasteiger partial charge in [-0.15, -0.1) is 0 Å². The Balaban J connectivity index is 1.67. The van der Waals surface area contributed by atoms with Gasteiger partial charge < -0.3 is 10.2 Å². The minimum Gasteiger partial charge on any atom is -0.396 e. The fourth-order valence-electron chi connectivity index (χ4n) is 3.93. The largest absolute Gasteiger partial charge is 0.396 e. The van der Waals surface area contributed by atoms with Gasteiger partial charge in [-0.25, -0.2) is 14.1 Å². The quantitative estimate of drug-likeness (QED) is 0.324. The Labute approximate surface area is 199 Å². The zero-order chi connectivity index (χ0) is 23.7. The molecule has 0 atom stereocenters. The SMILES string of the molecule is CCON=Cc1ccc(-n2nc(-c3cccnc3)c3c2-c2sc(NC(C)=O)nc2CC3)c(F)c1. The monoisotopic (exact) mass is 476 g/mol. The highest BCUT2D eigenvalue weighted by atomic mass is 32.1. The van der Waals surface area contributed by atoms with Crippen molar-refractivity contribution >= 4 is 28.6 Å². The summed E-state index contributed by atoms with van der Waals surface area (Å²) in [5, 5.41) is 11.9. The van der Waals surface area contributed by atoms with E-state index in [-0.39, 0.29) is 5.91 Å². The van der Waals surface area contributed by atoms with Crippen LogP contribution in [-0.2, 0) is 22.5 Å². The van der Waals surface area contributed by atoms with E-state index in [1.165, 1.54) is 30.5 Å². The molecule has 1 N–H and O–H groups in total. The number of pyridine rings is 1. The number of hydrogen-bond acceptors (Lipinski definition) is 7. The molecule has 1 aromatic carbocycles. The highest BCUT2D eigenvalue weighted by Crippen LogP contribution is 2.44. The summed E-state index contributed by atoms with van der Waals surface area (Å²) in [5.41, 5.74) is 5.14. The van der Waals surface area contributed by atoms with E-state index in [1.54, 1.807) is 29.2 Å². The molecule has 0 unspecified atom stereocenters. The number of aryl methyl sites for hydroxylation is 1. The molecule has 172 valence electrons. The zero-order valence-corrected chi connectivity index (χ0v) is 19.4. The minimum absolute atomic E-state index is 0.189. The Morgan fingerprint density at radius 2 is 2.24 bits per heavy atom. The van der Waals surface area contributed by atoms with E-state index in [0.29, 0.717) is 35.8 Å². The Morgan fingerprint density at radius 3 is 2.97 bits per heavy atom. The molecule has 5 rings (SSSR count). The fraction of sp³-hybridized carbons (Fsp3) is 0.208. The second kappa shape index (κ2) is 9.14. The summed E-state index contributed by atoms with van der Waals surface area (Å²) in [4.78, 5) is 26.3. The molecule has 4 aromatic rings. The van der Waals surface area contributed by atoms with Gasteiger partial charge in [0.1, 0.15) is 18.1 Å². The first kappa shape index (κ1) is 21.9. The molecule has 0 saturated carbocycles. The van der Waals surface area contributed by atoms with Crippen molar-refractivity contribution in [1.29, 1.82) is 0 Å². The summed E-state index contributed by atoms with van der Waals surface area (Å²) in [6.07, 6.45) is 6.32. The third-order valence-corrected chi connectivity index (χ3v) is 6.35. The molecule has 0 radical (unpaired) electrons. The van der Waals surface area contributed by atoms with Crippen molar-refractivity contribution in [2.75, 3.05) is 11.9 Å². The van der Waals surface area contributed by atoms with Crippen LogP contribution in [0.2, 0.25) is 0 Å². The van der Waals surface area contributed by atoms with Crippen LogP contribution < -0.4 is 5.32 Å². The average Bonchev–Trinajstić information content (AvgIpc) is 3.40. The van der Waals surface area contributed by atoms with Gasteiger partial charge in [0, 0.05) is 30.4 Å². The number of hydrogen-bond donors (Lipinski definition) is 1. The highest BCUT2D eigenvalue weighted by molar-refractivity contribution is 7.19. The van der Waals surface area contributed by atoms with Crippen LogP contribution in [0.25, 0.3) is 27.5 Å². The lowest BCUT2D eigenvalue weighted by atomic mass is 9.95. The van der Waals surface area contributed by atoms with E-state index in [1.807, 2.05) is 19.1 Å². The summed E-state index contributed by atoms with van der Waals surface area (Å²) in [6.45, 7) is 3.71. The summed E-state index contributed by atoms with van der Waals surface area (Å²) in [7, 11) is 0. The number of amides is 1. The fourth-order valence-corrected chi connectivity index (χ4v) is 5.05. The first-order chi connectivity index (χ1) is 16.5. The molecule has 3 heterocycles. The maximum atomic E-state index is 15.3. The van der Waals surface area contributed by atoms with Crippen LogP contribution in [0.4, 0.5) is 9.52 Å². The number of nitrogens with zero attached hydrogens (tertiary/aromatic N) is 5. The minimum atomic E-state index is -0.442. The van der Waals surface area contributed by atoms with Crippen molar-refractivity contribution in [3.05, 3.63) is 65.4 Å². The number of carbonyl (C=O) groups excluding carboxylic acids is 1. The summed E-state index contributed by atoms with van der Waals surface area (Å²) >= 11 is 1.37. The van der Waals surface area contributed by atoms with E-state index >= 15 is 4.39 Å². The molecule has 1 aliphatic carbocycles. The number of oxime groups is 1. The van der Waals surface area contributed by atoms with Crippen molar-refractivity contribution in [2.45, 2.75) is 26.7 Å². The second-order valence-corrected chi connectivity index (χ2v) is 8.67. The van der Waals surface area contributed by atoms with E-state index in [4.69, 9.17) is 9.94 Å². The van der Waals surface area contributed by atoms with Crippen LogP contribution in [0, 0.1) is 5.82 Å². The van der Waals surface area contributed by atoms with Gasteiger partial charge in [0.15, 0.2) is 5.13 Å². The van der Waals surface area contributed by atoms with E-state index in [0.717, 1.165) is 33.1 Å². The molecule has 0 fully saturated rings. The summed E-state index contributed by atoms with van der Waals surface area (Å²) in [6, 6.07) is 8.62. The van der Waals surface area contributed by atoms with Gasteiger partial charge in [-0.1, -0.05) is 22.6 Å². The first-order valence-electron chi connectivity index (χ1n) is 10.8. The number of aromatic nitrogens is 4. The van der Waals surface area contributed by atoms with Gasteiger partial charge >= 0.3 is 0 Å². The molecule has 1 amide bonds. The Morgan fingerprint density at radius 1 is 1.35 bits per heavy atom.